The van der Waals surface area contributed by atoms with E-state index in [-0.39, 0.29) is 17.9 Å². The van der Waals surface area contributed by atoms with Crippen LogP contribution < -0.4 is 10.6 Å². The van der Waals surface area contributed by atoms with Gasteiger partial charge in [0.1, 0.15) is 0 Å². The first-order valence-corrected chi connectivity index (χ1v) is 10.5. The van der Waals surface area contributed by atoms with E-state index in [0.717, 1.165) is 57.5 Å². The van der Waals surface area contributed by atoms with Gasteiger partial charge in [0.25, 0.3) is 5.91 Å². The highest BCUT2D eigenvalue weighted by Gasteiger charge is 2.20. The van der Waals surface area contributed by atoms with Gasteiger partial charge in [0.05, 0.1) is 17.1 Å². The van der Waals surface area contributed by atoms with Gasteiger partial charge in [-0.1, -0.05) is 37.8 Å². The van der Waals surface area contributed by atoms with E-state index in [1.165, 1.54) is 6.42 Å². The Balaban J connectivity index is 1.57. The van der Waals surface area contributed by atoms with Crippen molar-refractivity contribution in [3.8, 4) is 0 Å². The Bertz CT molecular complexity index is 665. The fourth-order valence-electron chi connectivity index (χ4n) is 3.91. The van der Waals surface area contributed by atoms with Crippen LogP contribution in [-0.4, -0.2) is 42.4 Å². The number of carbonyl (C=O) groups excluding carboxylic acids is 2. The normalized spacial score (nSPS) is 19.6. The van der Waals surface area contributed by atoms with Crippen LogP contribution in [0.5, 0.6) is 0 Å². The topological polar surface area (TPSA) is 61.4 Å². The van der Waals surface area contributed by atoms with Crippen LogP contribution in [0, 0.1) is 5.92 Å². The van der Waals surface area contributed by atoms with Gasteiger partial charge < -0.3 is 10.6 Å². The van der Waals surface area contributed by atoms with Gasteiger partial charge in [-0.2, -0.15) is 0 Å². The summed E-state index contributed by atoms with van der Waals surface area (Å²) < 4.78 is 0. The molecule has 0 aromatic heterocycles. The molecule has 6 heteroatoms. The van der Waals surface area contributed by atoms with Crippen molar-refractivity contribution in [3.63, 3.8) is 0 Å². The van der Waals surface area contributed by atoms with Crippen LogP contribution in [0.3, 0.4) is 0 Å². The van der Waals surface area contributed by atoms with Crippen LogP contribution in [0.15, 0.2) is 18.2 Å². The summed E-state index contributed by atoms with van der Waals surface area (Å²) in [7, 11) is 0. The van der Waals surface area contributed by atoms with E-state index in [1.54, 1.807) is 18.2 Å². The minimum absolute atomic E-state index is 0.0504. The smallest absolute Gasteiger partial charge is 0.253 e. The number of nitrogens with one attached hydrogen (secondary N) is 2. The highest BCUT2D eigenvalue weighted by Crippen LogP contribution is 2.23. The maximum absolute atomic E-state index is 12.6. The molecule has 0 bridgehead atoms. The van der Waals surface area contributed by atoms with Crippen molar-refractivity contribution in [1.29, 1.82) is 0 Å². The van der Waals surface area contributed by atoms with Crippen molar-refractivity contribution in [2.24, 2.45) is 5.92 Å². The summed E-state index contributed by atoms with van der Waals surface area (Å²) in [5.74, 6) is 0.532. The molecule has 3 rings (SSSR count). The predicted molar refractivity (Wildman–Crippen MR) is 109 cm³/mol. The molecule has 1 aliphatic heterocycles. The summed E-state index contributed by atoms with van der Waals surface area (Å²) >= 11 is 6.23. The number of piperidine rings is 1. The molecular weight excluding hydrogens is 362 g/mol. The monoisotopic (exact) mass is 391 g/mol. The third-order valence-corrected chi connectivity index (χ3v) is 6.01. The molecule has 0 atom stereocenters. The van der Waals surface area contributed by atoms with E-state index in [2.05, 4.69) is 22.5 Å². The molecule has 1 saturated carbocycles. The van der Waals surface area contributed by atoms with Gasteiger partial charge in [-0.05, 0) is 62.9 Å². The van der Waals surface area contributed by atoms with Crippen LogP contribution in [0.1, 0.15) is 62.2 Å². The van der Waals surface area contributed by atoms with Gasteiger partial charge in [0.2, 0.25) is 5.91 Å². The van der Waals surface area contributed by atoms with Gasteiger partial charge in [-0.3, -0.25) is 14.5 Å². The molecule has 0 unspecified atom stereocenters. The zero-order chi connectivity index (χ0) is 19.2. The number of anilines is 1. The number of rotatable bonds is 5. The van der Waals surface area contributed by atoms with Gasteiger partial charge >= 0.3 is 0 Å². The van der Waals surface area contributed by atoms with Gasteiger partial charge in [-0.25, -0.2) is 0 Å². The minimum Gasteiger partial charge on any atom is -0.349 e. The molecule has 1 aromatic carbocycles. The summed E-state index contributed by atoms with van der Waals surface area (Å²) in [6.07, 6.45) is 7.88. The molecule has 1 heterocycles. The summed E-state index contributed by atoms with van der Waals surface area (Å²) in [4.78, 5) is 27.1. The molecule has 27 heavy (non-hydrogen) atoms. The molecule has 1 aromatic rings. The van der Waals surface area contributed by atoms with Crippen molar-refractivity contribution in [2.75, 3.05) is 25.0 Å². The molecule has 0 spiro atoms. The van der Waals surface area contributed by atoms with Crippen LogP contribution in [0.4, 0.5) is 5.69 Å². The number of hydrogen-bond donors (Lipinski definition) is 2. The van der Waals surface area contributed by atoms with Crippen molar-refractivity contribution >= 4 is 29.1 Å². The second kappa shape index (κ2) is 9.56. The molecule has 2 amide bonds. The van der Waals surface area contributed by atoms with Crippen LogP contribution in [0.2, 0.25) is 5.02 Å². The first-order valence-electron chi connectivity index (χ1n) is 10.1. The Morgan fingerprint density at radius 1 is 1.11 bits per heavy atom. The van der Waals surface area contributed by atoms with E-state index in [0.29, 0.717) is 22.8 Å². The summed E-state index contributed by atoms with van der Waals surface area (Å²) in [5, 5.41) is 6.40. The lowest BCUT2D eigenvalue weighted by atomic mass is 9.95. The predicted octanol–water partition coefficient (Wildman–Crippen LogP) is 4.07. The second-order valence-corrected chi connectivity index (χ2v) is 8.42. The Kier molecular flexibility index (Phi) is 7.13. The van der Waals surface area contributed by atoms with E-state index in [4.69, 9.17) is 11.6 Å². The highest BCUT2D eigenvalue weighted by molar-refractivity contribution is 6.34. The second-order valence-electron chi connectivity index (χ2n) is 8.01. The van der Waals surface area contributed by atoms with Crippen molar-refractivity contribution in [3.05, 3.63) is 28.8 Å². The zero-order valence-electron chi connectivity index (χ0n) is 16.1. The lowest BCUT2D eigenvalue weighted by molar-refractivity contribution is -0.117. The molecule has 5 nitrogen and oxygen atoms in total. The van der Waals surface area contributed by atoms with E-state index in [9.17, 15) is 9.59 Å². The lowest BCUT2D eigenvalue weighted by Gasteiger charge is -2.29. The van der Waals surface area contributed by atoms with Crippen molar-refractivity contribution in [2.45, 2.75) is 57.9 Å². The van der Waals surface area contributed by atoms with Crippen LogP contribution in [0.25, 0.3) is 0 Å². The number of carbonyl (C=O) groups is 2. The first-order chi connectivity index (χ1) is 13.0. The number of hydrogen-bond acceptors (Lipinski definition) is 3. The van der Waals surface area contributed by atoms with Crippen LogP contribution >= 0.6 is 11.6 Å². The number of nitrogens with zero attached hydrogens (tertiary/aromatic N) is 1. The van der Waals surface area contributed by atoms with Crippen molar-refractivity contribution in [1.82, 2.24) is 10.2 Å². The average Bonchev–Trinajstić information content (AvgIpc) is 2.66. The Labute approximate surface area is 166 Å². The van der Waals surface area contributed by atoms with Gasteiger partial charge in [0.15, 0.2) is 0 Å². The number of halogens is 1. The quantitative estimate of drug-likeness (QED) is 0.795. The fourth-order valence-corrected chi connectivity index (χ4v) is 4.11. The number of likely N-dealkylation sites (tertiary alicyclic amines) is 1. The maximum atomic E-state index is 12.6. The van der Waals surface area contributed by atoms with Crippen molar-refractivity contribution < 1.29 is 9.59 Å². The molecule has 1 saturated heterocycles. The summed E-state index contributed by atoms with van der Waals surface area (Å²) in [6.45, 7) is 4.57. The zero-order valence-corrected chi connectivity index (χ0v) is 16.9. The Morgan fingerprint density at radius 2 is 1.81 bits per heavy atom. The standard InChI is InChI=1S/C21H30ClN3O2/c1-15-9-11-25(12-10-15)14-20(26)23-17-7-8-19(22)18(13-17)21(27)24-16-5-3-2-4-6-16/h7-8,13,15-16H,2-6,9-12,14H2,1H3,(H,23,26)(H,24,27). The SMILES string of the molecule is CC1CCN(CC(=O)Nc2ccc(Cl)c(C(=O)NC3CCCCC3)c2)CC1. The number of amides is 2. The Hall–Kier alpha value is -1.59. The summed E-state index contributed by atoms with van der Waals surface area (Å²) in [6, 6.07) is 5.32. The highest BCUT2D eigenvalue weighted by atomic mass is 35.5. The third-order valence-electron chi connectivity index (χ3n) is 5.68. The molecule has 148 valence electrons. The third kappa shape index (κ3) is 5.94. The van der Waals surface area contributed by atoms with Gasteiger partial charge in [-0.15, -0.1) is 0 Å². The van der Waals surface area contributed by atoms with E-state index < -0.39 is 0 Å². The molecular formula is C21H30ClN3O2. The first kappa shape index (κ1) is 20.2. The minimum atomic E-state index is -0.159. The number of benzene rings is 1. The molecule has 2 N–H and O–H groups in total. The van der Waals surface area contributed by atoms with Gasteiger partial charge in [0, 0.05) is 11.7 Å². The molecule has 0 radical (unpaired) electrons. The van der Waals surface area contributed by atoms with Crippen LogP contribution in [-0.2, 0) is 4.79 Å². The lowest BCUT2D eigenvalue weighted by Crippen LogP contribution is -2.38. The fraction of sp³-hybridized carbons (Fsp3) is 0.619. The largest absolute Gasteiger partial charge is 0.349 e. The summed E-state index contributed by atoms with van der Waals surface area (Å²) in [5.41, 5.74) is 1.04. The molecule has 2 aliphatic rings. The molecule has 2 fully saturated rings. The Morgan fingerprint density at radius 3 is 2.52 bits per heavy atom. The maximum Gasteiger partial charge on any atom is 0.253 e. The molecule has 1 aliphatic carbocycles. The van der Waals surface area contributed by atoms with E-state index >= 15 is 0 Å². The average molecular weight is 392 g/mol. The van der Waals surface area contributed by atoms with E-state index in [1.807, 2.05) is 0 Å².